The maximum absolute atomic E-state index is 12.1. The summed E-state index contributed by atoms with van der Waals surface area (Å²) in [5.74, 6) is 2.02. The third-order valence-electron chi connectivity index (χ3n) is 4.64. The molecule has 0 saturated carbocycles. The molecule has 0 saturated heterocycles. The molecule has 1 aromatic carbocycles. The lowest BCUT2D eigenvalue weighted by Gasteiger charge is -2.02. The quantitative estimate of drug-likeness (QED) is 0.440. The summed E-state index contributed by atoms with van der Waals surface area (Å²) in [6.07, 6.45) is 5.36. The number of carbonyl (C=O) groups excluding carboxylic acids is 1. The molecule has 9 heteroatoms. The molecule has 4 aromatic rings. The zero-order valence-electron chi connectivity index (χ0n) is 17.1. The van der Waals surface area contributed by atoms with Gasteiger partial charge in [0.05, 0.1) is 0 Å². The molecular formula is C22H22N6O3. The van der Waals surface area contributed by atoms with Gasteiger partial charge >= 0.3 is 0 Å². The number of hydrogen-bond acceptors (Lipinski definition) is 8. The molecule has 1 amide bonds. The zero-order chi connectivity index (χ0) is 21.5. The van der Waals surface area contributed by atoms with Crippen molar-refractivity contribution >= 4 is 5.91 Å². The summed E-state index contributed by atoms with van der Waals surface area (Å²) >= 11 is 0. The summed E-state index contributed by atoms with van der Waals surface area (Å²) in [5.41, 5.74) is 2.89. The van der Waals surface area contributed by atoms with Crippen molar-refractivity contribution in [3.8, 4) is 22.8 Å². The van der Waals surface area contributed by atoms with Gasteiger partial charge in [0.25, 0.3) is 5.89 Å². The van der Waals surface area contributed by atoms with Crippen LogP contribution >= 0.6 is 0 Å². The minimum atomic E-state index is -0.0453. The van der Waals surface area contributed by atoms with E-state index in [4.69, 9.17) is 9.05 Å². The Morgan fingerprint density at radius 3 is 2.55 bits per heavy atom. The van der Waals surface area contributed by atoms with E-state index in [1.807, 2.05) is 31.2 Å². The maximum atomic E-state index is 12.1. The number of pyridine rings is 1. The van der Waals surface area contributed by atoms with Gasteiger partial charge in [0.1, 0.15) is 0 Å². The summed E-state index contributed by atoms with van der Waals surface area (Å²) in [7, 11) is 0. The number of hydrogen-bond donors (Lipinski definition) is 1. The molecule has 0 aliphatic heterocycles. The van der Waals surface area contributed by atoms with E-state index in [-0.39, 0.29) is 5.91 Å². The molecular weight excluding hydrogens is 396 g/mol. The maximum Gasteiger partial charge on any atom is 0.258 e. The minimum Gasteiger partial charge on any atom is -0.356 e. The third kappa shape index (κ3) is 5.59. The van der Waals surface area contributed by atoms with E-state index >= 15 is 0 Å². The molecule has 0 atom stereocenters. The molecule has 31 heavy (non-hydrogen) atoms. The normalized spacial score (nSPS) is 10.9. The van der Waals surface area contributed by atoms with E-state index < -0.39 is 0 Å². The zero-order valence-corrected chi connectivity index (χ0v) is 17.1. The number of nitrogens with zero attached hydrogens (tertiary/aromatic N) is 5. The average molecular weight is 418 g/mol. The van der Waals surface area contributed by atoms with Crippen LogP contribution in [-0.2, 0) is 17.6 Å². The van der Waals surface area contributed by atoms with Crippen molar-refractivity contribution in [3.05, 3.63) is 66.1 Å². The smallest absolute Gasteiger partial charge is 0.258 e. The lowest BCUT2D eigenvalue weighted by Crippen LogP contribution is -2.25. The fraction of sp³-hybridized carbons (Fsp3) is 0.273. The van der Waals surface area contributed by atoms with Crippen LogP contribution in [0, 0.1) is 6.92 Å². The molecule has 0 aliphatic rings. The lowest BCUT2D eigenvalue weighted by molar-refractivity contribution is -0.121. The number of aryl methyl sites for hydroxylation is 2. The highest BCUT2D eigenvalue weighted by Crippen LogP contribution is 2.17. The van der Waals surface area contributed by atoms with Gasteiger partial charge in [-0.05, 0) is 25.5 Å². The van der Waals surface area contributed by atoms with Gasteiger partial charge in [-0.25, -0.2) is 0 Å². The second-order valence-corrected chi connectivity index (χ2v) is 7.08. The molecule has 3 aromatic heterocycles. The fourth-order valence-corrected chi connectivity index (χ4v) is 2.95. The summed E-state index contributed by atoms with van der Waals surface area (Å²) in [5, 5.41) is 10.8. The Balaban J connectivity index is 1.17. The van der Waals surface area contributed by atoms with E-state index in [9.17, 15) is 4.79 Å². The molecule has 0 spiro atoms. The molecule has 1 N–H and O–H groups in total. The van der Waals surface area contributed by atoms with E-state index in [1.165, 1.54) is 5.56 Å². The van der Waals surface area contributed by atoms with Gasteiger partial charge in [0.15, 0.2) is 5.82 Å². The Bertz CT molecular complexity index is 1120. The predicted molar refractivity (Wildman–Crippen MR) is 112 cm³/mol. The van der Waals surface area contributed by atoms with Gasteiger partial charge < -0.3 is 14.4 Å². The van der Waals surface area contributed by atoms with Crippen LogP contribution in [0.15, 0.2) is 57.8 Å². The van der Waals surface area contributed by atoms with Gasteiger partial charge in [-0.2, -0.15) is 9.97 Å². The summed E-state index contributed by atoms with van der Waals surface area (Å²) in [4.78, 5) is 24.7. The number of rotatable bonds is 9. The Labute approximate surface area is 178 Å². The Hall–Kier alpha value is -3.88. The van der Waals surface area contributed by atoms with Crippen molar-refractivity contribution in [2.45, 2.75) is 32.6 Å². The number of aromatic nitrogens is 5. The van der Waals surface area contributed by atoms with Crippen LogP contribution in [0.1, 0.15) is 30.1 Å². The van der Waals surface area contributed by atoms with Crippen LogP contribution < -0.4 is 5.32 Å². The van der Waals surface area contributed by atoms with Gasteiger partial charge in [0, 0.05) is 49.3 Å². The molecule has 0 unspecified atom stereocenters. The van der Waals surface area contributed by atoms with Crippen molar-refractivity contribution in [2.24, 2.45) is 0 Å². The van der Waals surface area contributed by atoms with Gasteiger partial charge in [-0.15, -0.1) is 0 Å². The predicted octanol–water partition coefficient (Wildman–Crippen LogP) is 3.17. The van der Waals surface area contributed by atoms with Crippen LogP contribution in [0.3, 0.4) is 0 Å². The molecule has 0 radical (unpaired) electrons. The Morgan fingerprint density at radius 2 is 1.74 bits per heavy atom. The van der Waals surface area contributed by atoms with Gasteiger partial charge in [-0.3, -0.25) is 9.78 Å². The Kier molecular flexibility index (Phi) is 6.41. The van der Waals surface area contributed by atoms with Crippen molar-refractivity contribution in [3.63, 3.8) is 0 Å². The van der Waals surface area contributed by atoms with E-state index in [0.717, 1.165) is 11.1 Å². The minimum absolute atomic E-state index is 0.0453. The van der Waals surface area contributed by atoms with Crippen LogP contribution in [0.4, 0.5) is 0 Å². The number of benzene rings is 1. The van der Waals surface area contributed by atoms with E-state index in [0.29, 0.717) is 55.7 Å². The van der Waals surface area contributed by atoms with Crippen molar-refractivity contribution < 1.29 is 13.8 Å². The van der Waals surface area contributed by atoms with Crippen LogP contribution in [0.5, 0.6) is 0 Å². The summed E-state index contributed by atoms with van der Waals surface area (Å²) in [6, 6.07) is 11.5. The first-order chi connectivity index (χ1) is 15.2. The highest BCUT2D eigenvalue weighted by Gasteiger charge is 2.11. The van der Waals surface area contributed by atoms with E-state index in [2.05, 4.69) is 30.6 Å². The van der Waals surface area contributed by atoms with Crippen molar-refractivity contribution in [2.75, 3.05) is 6.54 Å². The van der Waals surface area contributed by atoms with Crippen LogP contribution in [0.2, 0.25) is 0 Å². The van der Waals surface area contributed by atoms with E-state index in [1.54, 1.807) is 24.5 Å². The fourth-order valence-electron chi connectivity index (χ4n) is 2.95. The average Bonchev–Trinajstić information content (AvgIpc) is 3.45. The summed E-state index contributed by atoms with van der Waals surface area (Å²) in [6.45, 7) is 2.46. The monoisotopic (exact) mass is 418 g/mol. The number of nitrogens with one attached hydrogen (secondary N) is 1. The highest BCUT2D eigenvalue weighted by molar-refractivity contribution is 5.75. The molecule has 3 heterocycles. The molecule has 4 rings (SSSR count). The third-order valence-corrected chi connectivity index (χ3v) is 4.64. The first-order valence-electron chi connectivity index (χ1n) is 10.1. The molecule has 9 nitrogen and oxygen atoms in total. The topological polar surface area (TPSA) is 120 Å². The highest BCUT2D eigenvalue weighted by atomic mass is 16.5. The standard InChI is InChI=1S/C22H22N6O3/c1-15-5-7-16(8-6-15)21-26-20(30-28-21)4-2-3-19(29)24-14-11-18-25-22(31-27-18)17-9-12-23-13-10-17/h5-10,12-13H,2-4,11,14H2,1H3,(H,24,29). The van der Waals surface area contributed by atoms with Crippen molar-refractivity contribution in [1.82, 2.24) is 30.6 Å². The number of amides is 1. The van der Waals surface area contributed by atoms with Crippen molar-refractivity contribution in [1.29, 1.82) is 0 Å². The largest absolute Gasteiger partial charge is 0.356 e. The van der Waals surface area contributed by atoms with Gasteiger partial charge in [-0.1, -0.05) is 40.1 Å². The van der Waals surface area contributed by atoms with Crippen LogP contribution in [0.25, 0.3) is 22.8 Å². The van der Waals surface area contributed by atoms with Gasteiger partial charge in [0.2, 0.25) is 17.6 Å². The second kappa shape index (κ2) is 9.75. The summed E-state index contributed by atoms with van der Waals surface area (Å²) < 4.78 is 10.5. The number of carbonyl (C=O) groups is 1. The Morgan fingerprint density at radius 1 is 0.935 bits per heavy atom. The SMILES string of the molecule is Cc1ccc(-c2noc(CCCC(=O)NCCc3noc(-c4ccncc4)n3)n2)cc1. The molecule has 0 aliphatic carbocycles. The van der Waals surface area contributed by atoms with Crippen LogP contribution in [-0.4, -0.2) is 37.7 Å². The lowest BCUT2D eigenvalue weighted by atomic mass is 10.1. The first-order valence-corrected chi connectivity index (χ1v) is 10.1. The molecule has 0 bridgehead atoms. The molecule has 0 fully saturated rings. The second-order valence-electron chi connectivity index (χ2n) is 7.08. The molecule has 158 valence electrons. The first kappa shape index (κ1) is 20.4.